The molecule has 0 unspecified atom stereocenters. The molecule has 0 saturated carbocycles. The maximum Gasteiger partial charge on any atom is 0.410 e. The molecular weight excluding hydrogens is 424 g/mol. The number of nitro groups is 1. The van der Waals surface area contributed by atoms with E-state index >= 15 is 0 Å². The minimum absolute atomic E-state index is 0.00273. The molecule has 1 fully saturated rings. The van der Waals surface area contributed by atoms with Gasteiger partial charge in [-0.25, -0.2) is 4.79 Å². The first-order chi connectivity index (χ1) is 15.6. The van der Waals surface area contributed by atoms with Crippen LogP contribution in [0.1, 0.15) is 26.3 Å². The summed E-state index contributed by atoms with van der Waals surface area (Å²) < 4.78 is 5.43. The van der Waals surface area contributed by atoms with Crippen LogP contribution in [0.3, 0.4) is 0 Å². The second-order valence-electron chi connectivity index (χ2n) is 8.67. The Bertz CT molecular complexity index is 1020. The Morgan fingerprint density at radius 1 is 1.00 bits per heavy atom. The zero-order valence-electron chi connectivity index (χ0n) is 19.0. The van der Waals surface area contributed by atoms with Crippen LogP contribution in [0.25, 0.3) is 6.08 Å². The molecule has 2 aromatic carbocycles. The Morgan fingerprint density at radius 3 is 2.15 bits per heavy atom. The largest absolute Gasteiger partial charge is 0.444 e. The number of non-ortho nitro benzene ring substituents is 1. The van der Waals surface area contributed by atoms with E-state index in [0.717, 1.165) is 5.69 Å². The van der Waals surface area contributed by atoms with E-state index in [9.17, 15) is 19.7 Å². The summed E-state index contributed by atoms with van der Waals surface area (Å²) in [5.41, 5.74) is 1.85. The van der Waals surface area contributed by atoms with E-state index in [1.54, 1.807) is 23.1 Å². The number of amides is 2. The predicted molar refractivity (Wildman–Crippen MR) is 127 cm³/mol. The summed E-state index contributed by atoms with van der Waals surface area (Å²) in [7, 11) is 0. The molecule has 0 aromatic heterocycles. The highest BCUT2D eigenvalue weighted by Gasteiger charge is 2.25. The van der Waals surface area contributed by atoms with E-state index in [1.165, 1.54) is 18.2 Å². The Balaban J connectivity index is 1.49. The Kier molecular flexibility index (Phi) is 7.32. The zero-order valence-corrected chi connectivity index (χ0v) is 19.0. The lowest BCUT2D eigenvalue weighted by atomic mass is 10.2. The van der Waals surface area contributed by atoms with Gasteiger partial charge in [0.15, 0.2) is 0 Å². The molecule has 174 valence electrons. The lowest BCUT2D eigenvalue weighted by molar-refractivity contribution is -0.384. The summed E-state index contributed by atoms with van der Waals surface area (Å²) in [6, 6.07) is 13.5. The molecule has 1 aliphatic heterocycles. The molecule has 9 heteroatoms. The maximum absolute atomic E-state index is 12.2. The molecule has 0 bridgehead atoms. The monoisotopic (exact) mass is 452 g/mol. The van der Waals surface area contributed by atoms with Crippen LogP contribution in [0.15, 0.2) is 54.6 Å². The standard InChI is InChI=1S/C24H28N4O5/c1-24(2,3)33-23(30)27-16-14-26(15-17-27)20-11-7-19(8-12-20)25-22(29)13-6-18-4-9-21(10-5-18)28(31)32/h4-13H,14-17H2,1-3H3,(H,25,29)/b13-6+. The quantitative estimate of drug-likeness (QED) is 0.412. The van der Waals surface area contributed by atoms with Crippen molar-refractivity contribution >= 4 is 35.1 Å². The molecule has 1 saturated heterocycles. The van der Waals surface area contributed by atoms with E-state index in [4.69, 9.17) is 4.74 Å². The number of hydrogen-bond donors (Lipinski definition) is 1. The minimum atomic E-state index is -0.508. The topological polar surface area (TPSA) is 105 Å². The highest BCUT2D eigenvalue weighted by atomic mass is 16.6. The number of anilines is 2. The molecule has 1 aliphatic rings. The number of piperazine rings is 1. The van der Waals surface area contributed by atoms with Crippen LogP contribution in [-0.2, 0) is 9.53 Å². The second-order valence-corrected chi connectivity index (χ2v) is 8.67. The van der Waals surface area contributed by atoms with Crippen LogP contribution >= 0.6 is 0 Å². The number of carbonyl (C=O) groups is 2. The van der Waals surface area contributed by atoms with Crippen molar-refractivity contribution in [2.75, 3.05) is 36.4 Å². The maximum atomic E-state index is 12.2. The van der Waals surface area contributed by atoms with Crippen molar-refractivity contribution in [3.8, 4) is 0 Å². The Morgan fingerprint density at radius 2 is 1.61 bits per heavy atom. The molecule has 1 N–H and O–H groups in total. The molecule has 0 aliphatic carbocycles. The van der Waals surface area contributed by atoms with Crippen molar-refractivity contribution in [1.82, 2.24) is 4.90 Å². The Hall–Kier alpha value is -3.88. The van der Waals surface area contributed by atoms with Crippen molar-refractivity contribution in [3.05, 3.63) is 70.3 Å². The van der Waals surface area contributed by atoms with Gasteiger partial charge in [0.1, 0.15) is 5.60 Å². The van der Waals surface area contributed by atoms with E-state index in [1.807, 2.05) is 45.0 Å². The highest BCUT2D eigenvalue weighted by Crippen LogP contribution is 2.21. The average Bonchev–Trinajstić information content (AvgIpc) is 2.77. The lowest BCUT2D eigenvalue weighted by Gasteiger charge is -2.36. The number of carbonyl (C=O) groups excluding carboxylic acids is 2. The van der Waals surface area contributed by atoms with Crippen LogP contribution in [0.4, 0.5) is 21.9 Å². The van der Waals surface area contributed by atoms with Crippen LogP contribution in [0, 0.1) is 10.1 Å². The SMILES string of the molecule is CC(C)(C)OC(=O)N1CCN(c2ccc(NC(=O)/C=C/c3ccc([N+](=O)[O-])cc3)cc2)CC1. The number of nitro benzene ring substituents is 1. The number of nitrogens with one attached hydrogen (secondary N) is 1. The van der Waals surface area contributed by atoms with Crippen molar-refractivity contribution < 1.29 is 19.2 Å². The minimum Gasteiger partial charge on any atom is -0.444 e. The van der Waals surface area contributed by atoms with Gasteiger partial charge < -0.3 is 19.9 Å². The van der Waals surface area contributed by atoms with Crippen LogP contribution < -0.4 is 10.2 Å². The summed E-state index contributed by atoms with van der Waals surface area (Å²) in [6.45, 7) is 8.13. The fourth-order valence-electron chi connectivity index (χ4n) is 3.29. The van der Waals surface area contributed by atoms with Gasteiger partial charge in [-0.1, -0.05) is 0 Å². The molecule has 2 aromatic rings. The van der Waals surface area contributed by atoms with Gasteiger partial charge >= 0.3 is 6.09 Å². The number of nitrogens with zero attached hydrogens (tertiary/aromatic N) is 3. The summed E-state index contributed by atoms with van der Waals surface area (Å²) >= 11 is 0. The van der Waals surface area contributed by atoms with E-state index < -0.39 is 10.5 Å². The average molecular weight is 453 g/mol. The lowest BCUT2D eigenvalue weighted by Crippen LogP contribution is -2.50. The predicted octanol–water partition coefficient (Wildman–Crippen LogP) is 4.30. The van der Waals surface area contributed by atoms with Gasteiger partial charge in [-0.05, 0) is 68.8 Å². The van der Waals surface area contributed by atoms with E-state index in [-0.39, 0.29) is 17.7 Å². The fraction of sp³-hybridized carbons (Fsp3) is 0.333. The summed E-state index contributed by atoms with van der Waals surface area (Å²) in [6.07, 6.45) is 2.68. The van der Waals surface area contributed by atoms with Gasteiger partial charge in [-0.3, -0.25) is 14.9 Å². The number of benzene rings is 2. The van der Waals surface area contributed by atoms with Crippen molar-refractivity contribution in [2.45, 2.75) is 26.4 Å². The third-order valence-electron chi connectivity index (χ3n) is 4.96. The van der Waals surface area contributed by atoms with Gasteiger partial charge in [-0.2, -0.15) is 0 Å². The molecule has 9 nitrogen and oxygen atoms in total. The second kappa shape index (κ2) is 10.2. The summed E-state index contributed by atoms with van der Waals surface area (Å²) in [5.74, 6) is -0.299. The number of ether oxygens (including phenoxy) is 1. The van der Waals surface area contributed by atoms with Crippen molar-refractivity contribution in [2.24, 2.45) is 0 Å². The van der Waals surface area contributed by atoms with Crippen LogP contribution in [0.2, 0.25) is 0 Å². The number of hydrogen-bond acceptors (Lipinski definition) is 6. The molecular formula is C24H28N4O5. The number of rotatable bonds is 5. The molecule has 3 rings (SSSR count). The van der Waals surface area contributed by atoms with E-state index in [0.29, 0.717) is 37.4 Å². The Labute approximate surface area is 192 Å². The molecule has 33 heavy (non-hydrogen) atoms. The zero-order chi connectivity index (χ0) is 24.0. The van der Waals surface area contributed by atoms with E-state index in [2.05, 4.69) is 10.2 Å². The molecule has 0 spiro atoms. The van der Waals surface area contributed by atoms with Crippen molar-refractivity contribution in [1.29, 1.82) is 0 Å². The summed E-state index contributed by atoms with van der Waals surface area (Å²) in [5, 5.41) is 13.5. The third-order valence-corrected chi connectivity index (χ3v) is 4.96. The smallest absolute Gasteiger partial charge is 0.410 e. The first-order valence-electron chi connectivity index (χ1n) is 10.7. The van der Waals surface area contributed by atoms with Crippen LogP contribution in [0.5, 0.6) is 0 Å². The molecule has 0 atom stereocenters. The normalized spacial score (nSPS) is 14.3. The molecule has 0 radical (unpaired) electrons. The highest BCUT2D eigenvalue weighted by molar-refractivity contribution is 6.02. The van der Waals surface area contributed by atoms with Gasteiger partial charge in [0, 0.05) is 55.8 Å². The van der Waals surface area contributed by atoms with Gasteiger partial charge in [0.25, 0.3) is 5.69 Å². The van der Waals surface area contributed by atoms with Crippen molar-refractivity contribution in [3.63, 3.8) is 0 Å². The fourth-order valence-corrected chi connectivity index (χ4v) is 3.29. The summed E-state index contributed by atoms with van der Waals surface area (Å²) in [4.78, 5) is 38.5. The van der Waals surface area contributed by atoms with Gasteiger partial charge in [-0.15, -0.1) is 0 Å². The molecule has 1 heterocycles. The van der Waals surface area contributed by atoms with Crippen LogP contribution in [-0.4, -0.2) is 53.6 Å². The first-order valence-corrected chi connectivity index (χ1v) is 10.7. The first kappa shape index (κ1) is 23.8. The molecule has 2 amide bonds. The van der Waals surface area contributed by atoms with Gasteiger partial charge in [0.05, 0.1) is 4.92 Å². The third kappa shape index (κ3) is 7.06. The van der Waals surface area contributed by atoms with Gasteiger partial charge in [0.2, 0.25) is 5.91 Å².